The summed E-state index contributed by atoms with van der Waals surface area (Å²) in [4.78, 5) is 44.9. The molecule has 0 saturated carbocycles. The first-order chi connectivity index (χ1) is 18.2. The fourth-order valence-electron chi connectivity index (χ4n) is 6.57. The molecule has 2 amide bonds. The molecule has 3 aliphatic rings. The first-order valence-corrected chi connectivity index (χ1v) is 13.6. The van der Waals surface area contributed by atoms with Crippen LogP contribution in [0, 0.1) is 17.8 Å². The lowest BCUT2D eigenvalue weighted by molar-refractivity contribution is -0.161. The molecule has 206 valence electrons. The maximum atomic E-state index is 14.4. The van der Waals surface area contributed by atoms with E-state index >= 15 is 0 Å². The standard InChI is InChI=1S/C29H37ClN2O6/c1-5-7-8-17-37-27(36)23-22-25(34)32(15-9-16-33)24(29(22)18-19(3)28(23,4)38-29)26(35)31(14-6-2)21-12-10-20(30)11-13-21/h5-6,10-13,19,22-24,33H,1-2,7-9,14-18H2,3-4H3/t19?,22-,23+,24?,28-,29?/m0/s1. The van der Waals surface area contributed by atoms with Gasteiger partial charge in [-0.15, -0.1) is 13.2 Å². The van der Waals surface area contributed by atoms with Crippen LogP contribution in [0.5, 0.6) is 0 Å². The highest BCUT2D eigenvalue weighted by Gasteiger charge is 2.80. The number of hydrogen-bond acceptors (Lipinski definition) is 6. The van der Waals surface area contributed by atoms with Crippen molar-refractivity contribution in [3.05, 3.63) is 54.6 Å². The molecule has 0 aromatic heterocycles. The van der Waals surface area contributed by atoms with Crippen molar-refractivity contribution in [2.45, 2.75) is 56.8 Å². The van der Waals surface area contributed by atoms with Crippen LogP contribution in [0.4, 0.5) is 5.69 Å². The molecule has 3 unspecified atom stereocenters. The number of aliphatic hydroxyl groups is 1. The number of hydrogen-bond donors (Lipinski definition) is 1. The number of amides is 2. The summed E-state index contributed by atoms with van der Waals surface area (Å²) in [5.41, 5.74) is -1.52. The van der Waals surface area contributed by atoms with Gasteiger partial charge in [-0.1, -0.05) is 30.7 Å². The van der Waals surface area contributed by atoms with E-state index in [4.69, 9.17) is 21.1 Å². The Balaban J connectivity index is 1.75. The molecule has 0 radical (unpaired) electrons. The van der Waals surface area contributed by atoms with Crippen LogP contribution in [0.15, 0.2) is 49.6 Å². The molecule has 2 bridgehead atoms. The van der Waals surface area contributed by atoms with Crippen molar-refractivity contribution >= 4 is 35.1 Å². The molecule has 1 aromatic carbocycles. The van der Waals surface area contributed by atoms with Gasteiger partial charge in [0.25, 0.3) is 5.91 Å². The molecule has 1 aromatic rings. The Hall–Kier alpha value is -2.68. The molecule has 38 heavy (non-hydrogen) atoms. The lowest BCUT2D eigenvalue weighted by atomic mass is 9.62. The van der Waals surface area contributed by atoms with E-state index in [1.165, 1.54) is 4.90 Å². The highest BCUT2D eigenvalue weighted by molar-refractivity contribution is 6.30. The van der Waals surface area contributed by atoms with Gasteiger partial charge >= 0.3 is 5.97 Å². The van der Waals surface area contributed by atoms with Gasteiger partial charge in [0.2, 0.25) is 5.91 Å². The normalized spacial score (nSPS) is 31.3. The zero-order valence-electron chi connectivity index (χ0n) is 22.1. The number of aliphatic hydroxyl groups excluding tert-OH is 1. The summed E-state index contributed by atoms with van der Waals surface area (Å²) in [6.07, 6.45) is 5.48. The van der Waals surface area contributed by atoms with Crippen LogP contribution >= 0.6 is 11.6 Å². The summed E-state index contributed by atoms with van der Waals surface area (Å²) < 4.78 is 12.3. The van der Waals surface area contributed by atoms with Crippen LogP contribution in [-0.2, 0) is 23.9 Å². The molecule has 1 N–H and O–H groups in total. The number of anilines is 1. The third-order valence-corrected chi connectivity index (χ3v) is 8.62. The minimum atomic E-state index is -1.19. The lowest BCUT2D eigenvalue weighted by Gasteiger charge is -2.37. The predicted molar refractivity (Wildman–Crippen MR) is 145 cm³/mol. The number of carbonyl (C=O) groups is 3. The second-order valence-corrected chi connectivity index (χ2v) is 11.1. The Morgan fingerprint density at radius 3 is 2.61 bits per heavy atom. The zero-order valence-corrected chi connectivity index (χ0v) is 22.9. The van der Waals surface area contributed by atoms with E-state index in [1.807, 2.05) is 13.8 Å². The molecule has 3 saturated heterocycles. The first-order valence-electron chi connectivity index (χ1n) is 13.2. The molecular weight excluding hydrogens is 508 g/mol. The van der Waals surface area contributed by atoms with Crippen LogP contribution in [0.3, 0.4) is 0 Å². The number of nitrogens with zero attached hydrogens (tertiary/aromatic N) is 2. The maximum absolute atomic E-state index is 14.4. The third-order valence-electron chi connectivity index (χ3n) is 8.37. The first kappa shape index (κ1) is 28.3. The summed E-state index contributed by atoms with van der Waals surface area (Å²) >= 11 is 6.08. The van der Waals surface area contributed by atoms with Crippen molar-refractivity contribution in [1.82, 2.24) is 4.90 Å². The fourth-order valence-corrected chi connectivity index (χ4v) is 6.69. The fraction of sp³-hybridized carbons (Fsp3) is 0.552. The predicted octanol–water partition coefficient (Wildman–Crippen LogP) is 3.76. The van der Waals surface area contributed by atoms with E-state index in [0.717, 1.165) is 0 Å². The number of benzene rings is 1. The van der Waals surface area contributed by atoms with Gasteiger partial charge < -0.3 is 24.4 Å². The van der Waals surface area contributed by atoms with Crippen LogP contribution in [0.25, 0.3) is 0 Å². The van der Waals surface area contributed by atoms with Crippen LogP contribution in [-0.4, -0.2) is 71.3 Å². The van der Waals surface area contributed by atoms with Crippen LogP contribution in [0.2, 0.25) is 5.02 Å². The molecule has 9 heteroatoms. The van der Waals surface area contributed by atoms with E-state index in [-0.39, 0.29) is 44.0 Å². The lowest BCUT2D eigenvalue weighted by Crippen LogP contribution is -2.57. The van der Waals surface area contributed by atoms with Crippen molar-refractivity contribution in [2.24, 2.45) is 17.8 Å². The van der Waals surface area contributed by atoms with Gasteiger partial charge in [-0.3, -0.25) is 14.4 Å². The highest BCUT2D eigenvalue weighted by atomic mass is 35.5. The number of esters is 1. The molecule has 8 nitrogen and oxygen atoms in total. The number of likely N-dealkylation sites (tertiary alicyclic amines) is 1. The molecule has 4 rings (SSSR count). The van der Waals surface area contributed by atoms with Crippen molar-refractivity contribution in [1.29, 1.82) is 0 Å². The largest absolute Gasteiger partial charge is 0.465 e. The molecule has 0 aliphatic carbocycles. The monoisotopic (exact) mass is 544 g/mol. The van der Waals surface area contributed by atoms with Gasteiger partial charge in [0, 0.05) is 30.4 Å². The number of halogens is 1. The van der Waals surface area contributed by atoms with E-state index in [0.29, 0.717) is 36.4 Å². The number of rotatable bonds is 12. The average molecular weight is 545 g/mol. The molecule has 3 fully saturated rings. The number of allylic oxidation sites excluding steroid dienone is 1. The minimum absolute atomic E-state index is 0.0891. The second-order valence-electron chi connectivity index (χ2n) is 10.6. The SMILES string of the molecule is C=CCCCOC(=O)[C@H]1[C@H]2C(=O)N(CCCO)C(C(=O)N(CC=C)c3ccc(Cl)cc3)C23CC(C)[C@]1(C)O3. The topological polar surface area (TPSA) is 96.4 Å². The molecule has 6 atom stereocenters. The number of fused-ring (bicyclic) bond motifs is 1. The third kappa shape index (κ3) is 4.56. The van der Waals surface area contributed by atoms with E-state index in [9.17, 15) is 19.5 Å². The van der Waals surface area contributed by atoms with Gasteiger partial charge in [-0.05, 0) is 62.8 Å². The Kier molecular flexibility index (Phi) is 8.35. The second kappa shape index (κ2) is 11.2. The quantitative estimate of drug-likeness (QED) is 0.244. The van der Waals surface area contributed by atoms with Crippen molar-refractivity contribution in [2.75, 3.05) is 31.2 Å². The Labute approximate surface area is 229 Å². The smallest absolute Gasteiger partial charge is 0.312 e. The van der Waals surface area contributed by atoms with E-state index < -0.39 is 35.0 Å². The highest BCUT2D eigenvalue weighted by Crippen LogP contribution is 2.65. The molecular formula is C29H37ClN2O6. The summed E-state index contributed by atoms with van der Waals surface area (Å²) in [6.45, 7) is 11.8. The summed E-state index contributed by atoms with van der Waals surface area (Å²) in [5, 5.41) is 10.1. The summed E-state index contributed by atoms with van der Waals surface area (Å²) in [5.74, 6) is -2.88. The number of unbranched alkanes of at least 4 members (excludes halogenated alkanes) is 1. The Morgan fingerprint density at radius 2 is 1.97 bits per heavy atom. The minimum Gasteiger partial charge on any atom is -0.465 e. The van der Waals surface area contributed by atoms with Crippen LogP contribution < -0.4 is 4.90 Å². The maximum Gasteiger partial charge on any atom is 0.312 e. The van der Waals surface area contributed by atoms with Gasteiger partial charge in [0.05, 0.1) is 18.1 Å². The van der Waals surface area contributed by atoms with Gasteiger partial charge in [0.15, 0.2) is 0 Å². The number of carbonyl (C=O) groups excluding carboxylic acids is 3. The number of ether oxygens (including phenoxy) is 2. The van der Waals surface area contributed by atoms with Gasteiger partial charge in [-0.25, -0.2) is 0 Å². The summed E-state index contributed by atoms with van der Waals surface area (Å²) in [6, 6.07) is 5.92. The summed E-state index contributed by atoms with van der Waals surface area (Å²) in [7, 11) is 0. The average Bonchev–Trinajstić information content (AvgIpc) is 3.40. The van der Waals surface area contributed by atoms with E-state index in [1.54, 1.807) is 41.3 Å². The molecule has 1 spiro atoms. The van der Waals surface area contributed by atoms with E-state index in [2.05, 4.69) is 13.2 Å². The molecule has 3 heterocycles. The Bertz CT molecular complexity index is 1090. The van der Waals surface area contributed by atoms with Crippen molar-refractivity contribution < 1.29 is 29.0 Å². The molecule has 3 aliphatic heterocycles. The zero-order chi connectivity index (χ0) is 27.7. The van der Waals surface area contributed by atoms with Gasteiger partial charge in [-0.2, -0.15) is 0 Å². The van der Waals surface area contributed by atoms with Gasteiger partial charge in [0.1, 0.15) is 17.6 Å². The Morgan fingerprint density at radius 1 is 1.26 bits per heavy atom. The van der Waals surface area contributed by atoms with Crippen molar-refractivity contribution in [3.8, 4) is 0 Å². The van der Waals surface area contributed by atoms with Crippen molar-refractivity contribution in [3.63, 3.8) is 0 Å². The van der Waals surface area contributed by atoms with Crippen LogP contribution in [0.1, 0.15) is 39.5 Å².